The second-order valence-corrected chi connectivity index (χ2v) is 8.20. The van der Waals surface area contributed by atoms with Crippen molar-refractivity contribution in [3.63, 3.8) is 0 Å². The highest BCUT2D eigenvalue weighted by Gasteiger charge is 2.33. The number of anilines is 1. The first-order chi connectivity index (χ1) is 11.0. The molecule has 3 nitrogen and oxygen atoms in total. The zero-order valence-electron chi connectivity index (χ0n) is 12.6. The molecule has 2 heterocycles. The van der Waals surface area contributed by atoms with E-state index in [4.69, 9.17) is 23.2 Å². The van der Waals surface area contributed by atoms with Crippen molar-refractivity contribution < 1.29 is 4.79 Å². The third kappa shape index (κ3) is 2.63. The van der Waals surface area contributed by atoms with Gasteiger partial charge in [-0.25, -0.2) is 0 Å². The van der Waals surface area contributed by atoms with Gasteiger partial charge in [-0.3, -0.25) is 4.79 Å². The van der Waals surface area contributed by atoms with Crippen LogP contribution >= 0.6 is 34.5 Å². The topological polar surface area (TPSA) is 41.1 Å². The third-order valence-corrected chi connectivity index (χ3v) is 6.49. The van der Waals surface area contributed by atoms with E-state index in [0.29, 0.717) is 16.0 Å². The predicted octanol–water partition coefficient (Wildman–Crippen LogP) is 5.03. The molecule has 120 valence electrons. The molecule has 0 bridgehead atoms. The van der Waals surface area contributed by atoms with Crippen LogP contribution in [0.25, 0.3) is 0 Å². The highest BCUT2D eigenvalue weighted by atomic mass is 35.5. The Morgan fingerprint density at radius 2 is 2.04 bits per heavy atom. The molecule has 6 heteroatoms. The minimum atomic E-state index is -0.276. The lowest BCUT2D eigenvalue weighted by Crippen LogP contribution is -2.38. The van der Waals surface area contributed by atoms with Crippen molar-refractivity contribution in [3.8, 4) is 0 Å². The largest absolute Gasteiger partial charge is 0.353 e. The van der Waals surface area contributed by atoms with Gasteiger partial charge in [0.1, 0.15) is 11.2 Å². The Bertz CT molecular complexity index is 802. The molecule has 2 aliphatic rings. The van der Waals surface area contributed by atoms with Gasteiger partial charge in [0.15, 0.2) is 0 Å². The molecule has 1 aliphatic heterocycles. The molecule has 2 N–H and O–H groups in total. The van der Waals surface area contributed by atoms with Gasteiger partial charge in [0.2, 0.25) is 0 Å². The summed E-state index contributed by atoms with van der Waals surface area (Å²) in [5.41, 5.74) is 2.98. The van der Waals surface area contributed by atoms with E-state index in [1.807, 2.05) is 6.07 Å². The normalized spacial score (nSPS) is 22.8. The Hall–Kier alpha value is -1.23. The summed E-state index contributed by atoms with van der Waals surface area (Å²) in [5, 5.41) is 8.46. The zero-order valence-corrected chi connectivity index (χ0v) is 14.9. The van der Waals surface area contributed by atoms with Gasteiger partial charge in [0, 0.05) is 4.88 Å². The highest BCUT2D eigenvalue weighted by Crippen LogP contribution is 2.42. The molecule has 0 fully saturated rings. The number of benzene rings is 1. The van der Waals surface area contributed by atoms with Gasteiger partial charge in [-0.2, -0.15) is 0 Å². The molecule has 2 atom stereocenters. The minimum Gasteiger partial charge on any atom is -0.353 e. The third-order valence-electron chi connectivity index (χ3n) is 4.57. The number of carbonyl (C=O) groups is 1. The van der Waals surface area contributed by atoms with Crippen molar-refractivity contribution in [2.75, 3.05) is 5.32 Å². The van der Waals surface area contributed by atoms with E-state index in [0.717, 1.165) is 35.4 Å². The lowest BCUT2D eigenvalue weighted by Gasteiger charge is -2.27. The molecule has 0 unspecified atom stereocenters. The SMILES string of the molecule is C[C@H]1CCc2c(sc3c2C(=O)N[C@H](c2ccc(Cl)c(Cl)c2)N3)C1. The number of nitrogens with one attached hydrogen (secondary N) is 2. The number of hydrogen-bond donors (Lipinski definition) is 2. The molecule has 1 aromatic heterocycles. The standard InChI is InChI=1S/C17H16Cl2N2OS/c1-8-2-4-10-13(6-8)23-17-14(10)16(22)20-15(21-17)9-3-5-11(18)12(19)7-9/h3,5,7-8,15,21H,2,4,6H2,1H3,(H,20,22)/t8-,15-/m0/s1. The van der Waals surface area contributed by atoms with Crippen LogP contribution in [-0.2, 0) is 12.8 Å². The van der Waals surface area contributed by atoms with E-state index in [1.54, 1.807) is 23.5 Å². The summed E-state index contributed by atoms with van der Waals surface area (Å²) in [6, 6.07) is 5.43. The van der Waals surface area contributed by atoms with Crippen LogP contribution < -0.4 is 10.6 Å². The van der Waals surface area contributed by atoms with Crippen molar-refractivity contribution in [1.29, 1.82) is 0 Å². The van der Waals surface area contributed by atoms with Gasteiger partial charge in [-0.15, -0.1) is 11.3 Å². The lowest BCUT2D eigenvalue weighted by atomic mass is 9.88. The molecule has 1 aromatic carbocycles. The Balaban J connectivity index is 1.70. The van der Waals surface area contributed by atoms with Crippen LogP contribution in [0.1, 0.15) is 45.9 Å². The van der Waals surface area contributed by atoms with E-state index in [1.165, 1.54) is 10.4 Å². The molecule has 23 heavy (non-hydrogen) atoms. The molecule has 2 aromatic rings. The number of amides is 1. The van der Waals surface area contributed by atoms with E-state index >= 15 is 0 Å². The number of rotatable bonds is 1. The maximum Gasteiger partial charge on any atom is 0.256 e. The van der Waals surface area contributed by atoms with Crippen LogP contribution in [0.5, 0.6) is 0 Å². The summed E-state index contributed by atoms with van der Waals surface area (Å²) in [6.45, 7) is 2.27. The second-order valence-electron chi connectivity index (χ2n) is 6.28. The van der Waals surface area contributed by atoms with Gasteiger partial charge in [-0.1, -0.05) is 36.2 Å². The monoisotopic (exact) mass is 366 g/mol. The van der Waals surface area contributed by atoms with Crippen molar-refractivity contribution in [1.82, 2.24) is 5.32 Å². The van der Waals surface area contributed by atoms with Gasteiger partial charge in [0.25, 0.3) is 5.91 Å². The number of fused-ring (bicyclic) bond motifs is 3. The zero-order chi connectivity index (χ0) is 16.1. The first kappa shape index (κ1) is 15.3. The lowest BCUT2D eigenvalue weighted by molar-refractivity contribution is 0.0935. The number of hydrogen-bond acceptors (Lipinski definition) is 3. The van der Waals surface area contributed by atoms with Crippen molar-refractivity contribution in [2.45, 2.75) is 32.4 Å². The minimum absolute atomic E-state index is 0.00174. The Labute approximate surface area is 149 Å². The summed E-state index contributed by atoms with van der Waals surface area (Å²) < 4.78 is 0. The average molecular weight is 367 g/mol. The smallest absolute Gasteiger partial charge is 0.256 e. The molecule has 1 amide bonds. The molecule has 0 saturated carbocycles. The van der Waals surface area contributed by atoms with Gasteiger partial charge >= 0.3 is 0 Å². The van der Waals surface area contributed by atoms with E-state index in [2.05, 4.69) is 17.6 Å². The molecule has 1 aliphatic carbocycles. The number of thiophene rings is 1. The maximum atomic E-state index is 12.6. The predicted molar refractivity (Wildman–Crippen MR) is 95.8 cm³/mol. The van der Waals surface area contributed by atoms with E-state index in [9.17, 15) is 4.79 Å². The van der Waals surface area contributed by atoms with Crippen LogP contribution in [0.3, 0.4) is 0 Å². The van der Waals surface area contributed by atoms with Crippen molar-refractivity contribution >= 4 is 45.4 Å². The quantitative estimate of drug-likeness (QED) is 0.742. The van der Waals surface area contributed by atoms with Gasteiger partial charge in [0.05, 0.1) is 15.6 Å². The maximum absolute atomic E-state index is 12.6. The highest BCUT2D eigenvalue weighted by molar-refractivity contribution is 7.16. The van der Waals surface area contributed by atoms with Crippen LogP contribution in [0.4, 0.5) is 5.00 Å². The summed E-state index contributed by atoms with van der Waals surface area (Å²) in [4.78, 5) is 14.0. The van der Waals surface area contributed by atoms with Crippen LogP contribution in [0.15, 0.2) is 18.2 Å². The Kier molecular flexibility index (Phi) is 3.79. The van der Waals surface area contributed by atoms with E-state index < -0.39 is 0 Å². The van der Waals surface area contributed by atoms with E-state index in [-0.39, 0.29) is 12.1 Å². The van der Waals surface area contributed by atoms with Crippen LogP contribution in [0.2, 0.25) is 10.0 Å². The van der Waals surface area contributed by atoms with Crippen molar-refractivity contribution in [2.24, 2.45) is 5.92 Å². The average Bonchev–Trinajstić information content (AvgIpc) is 2.87. The summed E-state index contributed by atoms with van der Waals surface area (Å²) in [5.74, 6) is 0.693. The fourth-order valence-corrected chi connectivity index (χ4v) is 5.06. The summed E-state index contributed by atoms with van der Waals surface area (Å²) in [7, 11) is 0. The van der Waals surface area contributed by atoms with Crippen LogP contribution in [0, 0.1) is 5.92 Å². The molecule has 4 rings (SSSR count). The Morgan fingerprint density at radius 3 is 2.83 bits per heavy atom. The molecule has 0 saturated heterocycles. The first-order valence-corrected chi connectivity index (χ1v) is 9.27. The number of carbonyl (C=O) groups excluding carboxylic acids is 1. The molecular weight excluding hydrogens is 351 g/mol. The van der Waals surface area contributed by atoms with Gasteiger partial charge in [-0.05, 0) is 48.4 Å². The number of halogens is 2. The summed E-state index contributed by atoms with van der Waals surface area (Å²) >= 11 is 13.8. The Morgan fingerprint density at radius 1 is 1.22 bits per heavy atom. The fourth-order valence-electron chi connectivity index (χ4n) is 3.32. The molecular formula is C17H16Cl2N2OS. The van der Waals surface area contributed by atoms with Gasteiger partial charge < -0.3 is 10.6 Å². The molecule has 0 spiro atoms. The van der Waals surface area contributed by atoms with Crippen molar-refractivity contribution in [3.05, 3.63) is 49.8 Å². The fraction of sp³-hybridized carbons (Fsp3) is 0.353. The first-order valence-electron chi connectivity index (χ1n) is 7.70. The summed E-state index contributed by atoms with van der Waals surface area (Å²) in [6.07, 6.45) is 2.94. The van der Waals surface area contributed by atoms with Crippen LogP contribution in [-0.4, -0.2) is 5.91 Å². The molecule has 0 radical (unpaired) electrons. The second kappa shape index (κ2) is 5.69.